The summed E-state index contributed by atoms with van der Waals surface area (Å²) in [6, 6.07) is 0. The molecule has 0 aromatic heterocycles. The number of hydrogen-bond donors (Lipinski definition) is 0. The van der Waals surface area contributed by atoms with Crippen molar-refractivity contribution < 1.29 is 53.3 Å². The Hall–Kier alpha value is -1.21. The summed E-state index contributed by atoms with van der Waals surface area (Å²) < 4.78 is 67.8. The topological polar surface area (TPSA) is 40.1 Å². The monoisotopic (exact) mass is 378 g/mol. The Balaban J connectivity index is 0. The minimum absolute atomic E-state index is 0. The van der Waals surface area contributed by atoms with Crippen molar-refractivity contribution in [2.75, 3.05) is 0 Å². The average molecular weight is 379 g/mol. The largest absolute Gasteiger partial charge is 1.00 e. The zero-order valence-corrected chi connectivity index (χ0v) is 12.0. The van der Waals surface area contributed by atoms with E-state index in [1.807, 2.05) is 0 Å². The van der Waals surface area contributed by atoms with Crippen molar-refractivity contribution in [3.63, 3.8) is 0 Å². The molecule has 9 heteroatoms. The standard InChI is InChI=1S/C8H12.C5H2F6O2.Cu/c1-2-4-6-8-7-5-3-1;6-4(7,8)2(12)1-3(13)5(9,10)11;/h1-2,7-8H,3-6H2;1,12H;/q;;+1/p-1/b2-1-,8-7-;2-1-;. The quantitative estimate of drug-likeness (QED) is 0.230. The number of rotatable bonds is 1. The van der Waals surface area contributed by atoms with E-state index in [2.05, 4.69) is 24.3 Å². The summed E-state index contributed by atoms with van der Waals surface area (Å²) in [6.07, 6.45) is 2.06. The van der Waals surface area contributed by atoms with E-state index in [0.29, 0.717) is 0 Å². The van der Waals surface area contributed by atoms with Gasteiger partial charge in [0.25, 0.3) is 5.78 Å². The number of halogens is 6. The fourth-order valence-corrected chi connectivity index (χ4v) is 1.14. The Morgan fingerprint density at radius 2 is 1.14 bits per heavy atom. The molecule has 0 aromatic rings. The van der Waals surface area contributed by atoms with Gasteiger partial charge in [0.1, 0.15) is 0 Å². The van der Waals surface area contributed by atoms with Crippen molar-refractivity contribution in [1.82, 2.24) is 0 Å². The van der Waals surface area contributed by atoms with Gasteiger partial charge in [0.15, 0.2) is 0 Å². The first-order valence-corrected chi connectivity index (χ1v) is 5.92. The molecule has 0 unspecified atom stereocenters. The van der Waals surface area contributed by atoms with E-state index >= 15 is 0 Å². The fraction of sp³-hybridized carbons (Fsp3) is 0.462. The van der Waals surface area contributed by atoms with Crippen LogP contribution in [0, 0.1) is 0 Å². The van der Waals surface area contributed by atoms with Gasteiger partial charge in [-0.25, -0.2) is 0 Å². The molecular formula is C13H13CuF6O2. The van der Waals surface area contributed by atoms with E-state index in [4.69, 9.17) is 0 Å². The molecule has 1 aliphatic carbocycles. The Morgan fingerprint density at radius 1 is 0.818 bits per heavy atom. The average Bonchev–Trinajstić information content (AvgIpc) is 2.25. The molecule has 2 nitrogen and oxygen atoms in total. The first-order valence-electron chi connectivity index (χ1n) is 5.92. The van der Waals surface area contributed by atoms with Gasteiger partial charge in [-0.2, -0.15) is 26.3 Å². The minimum Gasteiger partial charge on any atom is -0.869 e. The van der Waals surface area contributed by atoms with Crippen molar-refractivity contribution in [3.8, 4) is 0 Å². The van der Waals surface area contributed by atoms with Gasteiger partial charge >= 0.3 is 29.4 Å². The van der Waals surface area contributed by atoms with Gasteiger partial charge in [0, 0.05) is 0 Å². The summed E-state index contributed by atoms with van der Waals surface area (Å²) in [6.45, 7) is 0. The molecule has 0 atom stereocenters. The third-order valence-electron chi connectivity index (χ3n) is 2.15. The van der Waals surface area contributed by atoms with Crippen molar-refractivity contribution in [1.29, 1.82) is 0 Å². The minimum atomic E-state index is -5.46. The molecule has 0 spiro atoms. The number of carbonyl (C=O) groups is 1. The van der Waals surface area contributed by atoms with Gasteiger partial charge < -0.3 is 5.11 Å². The van der Waals surface area contributed by atoms with E-state index in [0.717, 1.165) is 0 Å². The molecule has 22 heavy (non-hydrogen) atoms. The molecule has 0 aromatic carbocycles. The molecule has 0 N–H and O–H groups in total. The van der Waals surface area contributed by atoms with E-state index in [-0.39, 0.29) is 17.1 Å². The maximum absolute atomic E-state index is 11.3. The zero-order chi connectivity index (χ0) is 16.5. The molecule has 1 rings (SSSR count). The molecule has 0 heterocycles. The molecule has 130 valence electrons. The summed E-state index contributed by atoms with van der Waals surface area (Å²) in [5, 5.41) is 9.82. The first kappa shape index (κ1) is 23.1. The van der Waals surface area contributed by atoms with Crippen LogP contribution in [0.1, 0.15) is 25.7 Å². The molecule has 0 saturated heterocycles. The summed E-state index contributed by atoms with van der Waals surface area (Å²) in [5.74, 6) is -5.65. The van der Waals surface area contributed by atoms with Crippen LogP contribution in [0.4, 0.5) is 26.3 Å². The maximum Gasteiger partial charge on any atom is 1.00 e. The predicted octanol–water partition coefficient (Wildman–Crippen LogP) is 3.59. The van der Waals surface area contributed by atoms with Gasteiger partial charge in [0.05, 0.1) is 0 Å². The normalized spacial score (nSPS) is 18.7. The number of carbonyl (C=O) groups excluding carboxylic acids is 1. The molecule has 0 amide bonds. The molecule has 0 fully saturated rings. The van der Waals surface area contributed by atoms with E-state index in [1.165, 1.54) is 25.7 Å². The SMILES string of the molecule is C1=C\CC/C=C\CC/1.O=C(/C=C(\[O-])C(F)(F)F)C(F)(F)F.[Cu+]. The number of hydrogen-bond acceptors (Lipinski definition) is 2. The Labute approximate surface area is 134 Å². The van der Waals surface area contributed by atoms with E-state index < -0.39 is 30.0 Å². The summed E-state index contributed by atoms with van der Waals surface area (Å²) in [5.41, 5.74) is 0. The van der Waals surface area contributed by atoms with Gasteiger partial charge in [0.2, 0.25) is 0 Å². The third-order valence-corrected chi connectivity index (χ3v) is 2.15. The number of alkyl halides is 6. The molecule has 0 bridgehead atoms. The maximum atomic E-state index is 11.3. The number of ketones is 1. The van der Waals surface area contributed by atoms with Crippen LogP contribution in [0.5, 0.6) is 0 Å². The van der Waals surface area contributed by atoms with Crippen molar-refractivity contribution >= 4 is 5.78 Å². The van der Waals surface area contributed by atoms with E-state index in [1.54, 1.807) is 0 Å². The molecule has 0 radical (unpaired) electrons. The zero-order valence-electron chi connectivity index (χ0n) is 11.1. The Kier molecular flexibility index (Phi) is 11.0. The van der Waals surface area contributed by atoms with Gasteiger partial charge in [-0.1, -0.05) is 24.3 Å². The van der Waals surface area contributed by atoms with Crippen LogP contribution in [0.15, 0.2) is 36.1 Å². The molecule has 0 aliphatic heterocycles. The number of allylic oxidation sites excluding steroid dienone is 6. The van der Waals surface area contributed by atoms with Crippen LogP contribution in [-0.4, -0.2) is 18.1 Å². The Bertz CT molecular complexity index is 395. The Morgan fingerprint density at radius 3 is 1.36 bits per heavy atom. The van der Waals surface area contributed by atoms with Crippen LogP contribution in [-0.2, 0) is 21.9 Å². The molecule has 0 saturated carbocycles. The van der Waals surface area contributed by atoms with Crippen molar-refractivity contribution in [2.45, 2.75) is 38.0 Å². The van der Waals surface area contributed by atoms with Crippen LogP contribution >= 0.6 is 0 Å². The summed E-state index contributed by atoms with van der Waals surface area (Å²) in [7, 11) is 0. The fourth-order valence-electron chi connectivity index (χ4n) is 1.14. The summed E-state index contributed by atoms with van der Waals surface area (Å²) >= 11 is 0. The van der Waals surface area contributed by atoms with Crippen LogP contribution in [0.3, 0.4) is 0 Å². The molecular weight excluding hydrogens is 366 g/mol. The van der Waals surface area contributed by atoms with Gasteiger partial charge in [-0.3, -0.25) is 4.79 Å². The predicted molar refractivity (Wildman–Crippen MR) is 61.9 cm³/mol. The van der Waals surface area contributed by atoms with Crippen LogP contribution < -0.4 is 5.11 Å². The second-order valence-corrected chi connectivity index (χ2v) is 3.97. The smallest absolute Gasteiger partial charge is 0.869 e. The van der Waals surface area contributed by atoms with Crippen LogP contribution in [0.2, 0.25) is 0 Å². The second kappa shape index (κ2) is 10.5. The van der Waals surface area contributed by atoms with Gasteiger partial charge in [-0.05, 0) is 37.5 Å². The van der Waals surface area contributed by atoms with Crippen molar-refractivity contribution in [3.05, 3.63) is 36.1 Å². The first-order chi connectivity index (χ1) is 9.55. The van der Waals surface area contributed by atoms with Crippen molar-refractivity contribution in [2.24, 2.45) is 0 Å². The van der Waals surface area contributed by atoms with Crippen LogP contribution in [0.25, 0.3) is 0 Å². The van der Waals surface area contributed by atoms with E-state index in [9.17, 15) is 36.2 Å². The summed E-state index contributed by atoms with van der Waals surface area (Å²) in [4.78, 5) is 9.82. The van der Waals surface area contributed by atoms with Gasteiger partial charge in [-0.15, -0.1) is 0 Å². The third kappa shape index (κ3) is 11.4. The molecule has 1 aliphatic rings. The second-order valence-electron chi connectivity index (χ2n) is 3.97.